The van der Waals surface area contributed by atoms with Crippen molar-refractivity contribution in [2.45, 2.75) is 26.1 Å². The van der Waals surface area contributed by atoms with Crippen molar-refractivity contribution in [2.24, 2.45) is 0 Å². The monoisotopic (exact) mass is 360 g/mol. The van der Waals surface area contributed by atoms with Gasteiger partial charge in [0.2, 0.25) is 11.8 Å². The van der Waals surface area contributed by atoms with Crippen molar-refractivity contribution < 1.29 is 14.3 Å². The van der Waals surface area contributed by atoms with Crippen LogP contribution in [0.15, 0.2) is 48.5 Å². The van der Waals surface area contributed by atoms with Gasteiger partial charge in [0, 0.05) is 25.2 Å². The highest BCUT2D eigenvalue weighted by molar-refractivity contribution is 5.89. The number of nitrogens with one attached hydrogen (secondary N) is 2. The number of carbonyl (C=O) groups is 2. The summed E-state index contributed by atoms with van der Waals surface area (Å²) in [5, 5.41) is 5.38. The summed E-state index contributed by atoms with van der Waals surface area (Å²) in [4.78, 5) is 22.2. The molecule has 5 heteroatoms. The average molecular weight is 360 g/mol. The Morgan fingerprint density at radius 2 is 1.11 bits per heavy atom. The molecule has 0 bridgehead atoms. The molecule has 5 nitrogen and oxygen atoms in total. The highest BCUT2D eigenvalue weighted by atomic mass is 16.5. The van der Waals surface area contributed by atoms with Crippen LogP contribution in [0.5, 0.6) is 0 Å². The van der Waals surface area contributed by atoms with Gasteiger partial charge < -0.3 is 15.4 Å². The van der Waals surface area contributed by atoms with E-state index in [2.05, 4.69) is 22.5 Å². The van der Waals surface area contributed by atoms with Crippen molar-refractivity contribution in [1.82, 2.24) is 0 Å². The molecule has 2 unspecified atom stereocenters. The van der Waals surface area contributed by atoms with Gasteiger partial charge in [-0.15, -0.1) is 12.8 Å². The van der Waals surface area contributed by atoms with E-state index in [-0.39, 0.29) is 11.8 Å². The molecule has 2 amide bonds. The largest absolute Gasteiger partial charge is 0.340 e. The fourth-order valence-corrected chi connectivity index (χ4v) is 2.45. The Kier molecular flexibility index (Phi) is 6.77. The molecule has 0 spiro atoms. The first-order chi connectivity index (χ1) is 12.9. The molecule has 0 aliphatic carbocycles. The van der Waals surface area contributed by atoms with Crippen LogP contribution >= 0.6 is 0 Å². The number of hydrogen-bond acceptors (Lipinski definition) is 3. The number of ether oxygens (including phenoxy) is 1. The first-order valence-electron chi connectivity index (χ1n) is 8.25. The zero-order valence-corrected chi connectivity index (χ0v) is 15.2. The van der Waals surface area contributed by atoms with Gasteiger partial charge >= 0.3 is 0 Å². The molecule has 0 fully saturated rings. The molecule has 0 saturated heterocycles. The summed E-state index contributed by atoms with van der Waals surface area (Å²) in [6, 6.07) is 14.1. The van der Waals surface area contributed by atoms with Gasteiger partial charge in [-0.25, -0.2) is 0 Å². The number of benzene rings is 2. The Morgan fingerprint density at radius 3 is 1.37 bits per heavy atom. The predicted octanol–water partition coefficient (Wildman–Crippen LogP) is 3.67. The van der Waals surface area contributed by atoms with E-state index in [1.54, 1.807) is 48.5 Å². The maximum atomic E-state index is 11.1. The molecule has 27 heavy (non-hydrogen) atoms. The number of hydrogen-bond donors (Lipinski definition) is 2. The second kappa shape index (κ2) is 9.24. The number of anilines is 2. The van der Waals surface area contributed by atoms with Gasteiger partial charge in [-0.3, -0.25) is 9.59 Å². The normalized spacial score (nSPS) is 12.1. The van der Waals surface area contributed by atoms with E-state index >= 15 is 0 Å². The minimum absolute atomic E-state index is 0.150. The molecular formula is C22H20N2O3. The lowest BCUT2D eigenvalue weighted by atomic mass is 10.1. The summed E-state index contributed by atoms with van der Waals surface area (Å²) in [5.74, 6) is 4.88. The summed E-state index contributed by atoms with van der Waals surface area (Å²) in [6.45, 7) is 2.88. The molecule has 2 rings (SSSR count). The smallest absolute Gasteiger partial charge is 0.221 e. The summed E-state index contributed by atoms with van der Waals surface area (Å²) in [7, 11) is 0. The van der Waals surface area contributed by atoms with Crippen molar-refractivity contribution in [3.05, 3.63) is 59.7 Å². The Balaban J connectivity index is 2.13. The third-order valence-corrected chi connectivity index (χ3v) is 3.64. The lowest BCUT2D eigenvalue weighted by molar-refractivity contribution is -0.115. The van der Waals surface area contributed by atoms with E-state index < -0.39 is 12.2 Å². The number of carbonyl (C=O) groups excluding carboxylic acids is 2. The molecule has 0 saturated carbocycles. The van der Waals surface area contributed by atoms with Crippen molar-refractivity contribution in [3.63, 3.8) is 0 Å². The predicted molar refractivity (Wildman–Crippen MR) is 106 cm³/mol. The quantitative estimate of drug-likeness (QED) is 0.773. The molecular weight excluding hydrogens is 340 g/mol. The van der Waals surface area contributed by atoms with Crippen molar-refractivity contribution in [3.8, 4) is 24.7 Å². The fourth-order valence-electron chi connectivity index (χ4n) is 2.45. The maximum Gasteiger partial charge on any atom is 0.221 e. The molecule has 2 atom stereocenters. The van der Waals surface area contributed by atoms with Crippen LogP contribution in [0.25, 0.3) is 0 Å². The summed E-state index contributed by atoms with van der Waals surface area (Å²) < 4.78 is 5.92. The van der Waals surface area contributed by atoms with Crippen LogP contribution in [-0.4, -0.2) is 11.8 Å². The Hall–Kier alpha value is -3.54. The fraction of sp³-hybridized carbons (Fsp3) is 0.182. The number of terminal acetylenes is 2. The van der Waals surface area contributed by atoms with E-state index in [0.717, 1.165) is 11.1 Å². The minimum Gasteiger partial charge on any atom is -0.340 e. The summed E-state index contributed by atoms with van der Waals surface area (Å²) >= 11 is 0. The van der Waals surface area contributed by atoms with E-state index in [1.165, 1.54) is 13.8 Å². The van der Waals surface area contributed by atoms with Gasteiger partial charge in [-0.2, -0.15) is 0 Å². The Labute approximate surface area is 159 Å². The first-order valence-corrected chi connectivity index (χ1v) is 8.25. The van der Waals surface area contributed by atoms with Gasteiger partial charge in [-0.1, -0.05) is 36.1 Å². The van der Waals surface area contributed by atoms with Crippen LogP contribution in [0.2, 0.25) is 0 Å². The average Bonchev–Trinajstić information content (AvgIpc) is 2.64. The topological polar surface area (TPSA) is 67.4 Å². The lowest BCUT2D eigenvalue weighted by Gasteiger charge is -2.19. The van der Waals surface area contributed by atoms with Crippen LogP contribution in [-0.2, 0) is 14.3 Å². The zero-order chi connectivity index (χ0) is 19.8. The van der Waals surface area contributed by atoms with Crippen LogP contribution in [0.3, 0.4) is 0 Å². The van der Waals surface area contributed by atoms with Gasteiger partial charge in [0.25, 0.3) is 0 Å². The molecule has 136 valence electrons. The molecule has 0 aromatic heterocycles. The molecule has 2 N–H and O–H groups in total. The van der Waals surface area contributed by atoms with Crippen LogP contribution in [0.1, 0.15) is 37.2 Å². The molecule has 0 heterocycles. The highest BCUT2D eigenvalue weighted by Crippen LogP contribution is 2.27. The van der Waals surface area contributed by atoms with E-state index in [0.29, 0.717) is 11.4 Å². The third kappa shape index (κ3) is 5.74. The molecule has 2 aromatic rings. The second-order valence-corrected chi connectivity index (χ2v) is 5.84. The summed E-state index contributed by atoms with van der Waals surface area (Å²) in [5.41, 5.74) is 2.84. The van der Waals surface area contributed by atoms with E-state index in [4.69, 9.17) is 17.6 Å². The van der Waals surface area contributed by atoms with Crippen molar-refractivity contribution in [1.29, 1.82) is 0 Å². The first kappa shape index (κ1) is 19.8. The second-order valence-electron chi connectivity index (χ2n) is 5.84. The van der Waals surface area contributed by atoms with Crippen LogP contribution < -0.4 is 10.6 Å². The number of rotatable bonds is 6. The Morgan fingerprint density at radius 1 is 0.778 bits per heavy atom. The van der Waals surface area contributed by atoms with Gasteiger partial charge in [0.05, 0.1) is 0 Å². The van der Waals surface area contributed by atoms with Crippen molar-refractivity contribution >= 4 is 23.2 Å². The van der Waals surface area contributed by atoms with Gasteiger partial charge in [-0.05, 0) is 35.4 Å². The van der Waals surface area contributed by atoms with Gasteiger partial charge in [0.15, 0.2) is 0 Å². The number of amides is 2. The standard InChI is InChI=1S/C22H20N2O3/c1-5-21(17-7-11-19(12-8-17)23-15(3)25)27-22(6-2)18-9-13-20(14-10-18)24-16(4)26/h1-2,7-14,21-22H,3-4H3,(H,23,25)(H,24,26). The maximum absolute atomic E-state index is 11.1. The molecule has 2 aromatic carbocycles. The van der Waals surface area contributed by atoms with Gasteiger partial charge in [0.1, 0.15) is 12.2 Å². The molecule has 0 radical (unpaired) electrons. The summed E-state index contributed by atoms with van der Waals surface area (Å²) in [6.07, 6.45) is 9.95. The Bertz CT molecular complexity index is 812. The highest BCUT2D eigenvalue weighted by Gasteiger charge is 2.17. The zero-order valence-electron chi connectivity index (χ0n) is 15.2. The van der Waals surface area contributed by atoms with Crippen LogP contribution in [0, 0.1) is 24.7 Å². The SMILES string of the molecule is C#CC(OC(C#C)c1ccc(NC(C)=O)cc1)c1ccc(NC(C)=O)cc1. The third-order valence-electron chi connectivity index (χ3n) is 3.64. The van der Waals surface area contributed by atoms with Crippen LogP contribution in [0.4, 0.5) is 11.4 Å². The lowest BCUT2D eigenvalue weighted by Crippen LogP contribution is -2.09. The van der Waals surface area contributed by atoms with E-state index in [9.17, 15) is 9.59 Å². The molecule has 0 aliphatic heterocycles. The minimum atomic E-state index is -0.646. The van der Waals surface area contributed by atoms with Crippen molar-refractivity contribution in [2.75, 3.05) is 10.6 Å². The molecule has 0 aliphatic rings. The van der Waals surface area contributed by atoms with E-state index in [1.807, 2.05) is 0 Å².